The van der Waals surface area contributed by atoms with Gasteiger partial charge in [0.25, 0.3) is 5.91 Å². The van der Waals surface area contributed by atoms with Crippen molar-refractivity contribution in [2.24, 2.45) is 5.92 Å². The zero-order valence-electron chi connectivity index (χ0n) is 31.0. The first-order valence-corrected chi connectivity index (χ1v) is 19.9. The number of carbonyl (C=O) groups is 2. The van der Waals surface area contributed by atoms with Crippen LogP contribution in [-0.2, 0) is 32.6 Å². The highest BCUT2D eigenvalue weighted by atomic mass is 16.5. The lowest BCUT2D eigenvalue weighted by molar-refractivity contribution is -0.133. The minimum Gasteiger partial charge on any atom is -0.508 e. The van der Waals surface area contributed by atoms with Gasteiger partial charge in [0.05, 0.1) is 19.6 Å². The Morgan fingerprint density at radius 2 is 1.68 bits per heavy atom. The van der Waals surface area contributed by atoms with E-state index in [0.29, 0.717) is 74.8 Å². The fraction of sp³-hybridized carbons (Fsp3) is 0.535. The Balaban J connectivity index is 0.886. The number of phenols is 2. The predicted molar refractivity (Wildman–Crippen MR) is 206 cm³/mol. The Bertz CT molecular complexity index is 1700. The van der Waals surface area contributed by atoms with Crippen molar-refractivity contribution in [2.45, 2.75) is 82.1 Å². The lowest BCUT2D eigenvalue weighted by atomic mass is 9.67. The van der Waals surface area contributed by atoms with Crippen molar-refractivity contribution in [1.82, 2.24) is 15.1 Å². The molecule has 3 fully saturated rings. The topological polar surface area (TPSA) is 124 Å². The second-order valence-corrected chi connectivity index (χ2v) is 15.5. The van der Waals surface area contributed by atoms with Crippen LogP contribution in [0.4, 0.5) is 5.69 Å². The van der Waals surface area contributed by atoms with Gasteiger partial charge in [-0.2, -0.15) is 0 Å². The van der Waals surface area contributed by atoms with Crippen LogP contribution >= 0.6 is 0 Å². The van der Waals surface area contributed by atoms with Crippen LogP contribution in [-0.4, -0.2) is 97.0 Å². The van der Waals surface area contributed by atoms with Gasteiger partial charge in [0.1, 0.15) is 17.2 Å². The molecular formula is C43H56N4O6. The zero-order chi connectivity index (χ0) is 36.6. The van der Waals surface area contributed by atoms with Gasteiger partial charge in [0.2, 0.25) is 5.91 Å². The van der Waals surface area contributed by atoms with Gasteiger partial charge in [-0.3, -0.25) is 14.5 Å². The van der Waals surface area contributed by atoms with E-state index in [9.17, 15) is 19.8 Å². The van der Waals surface area contributed by atoms with Crippen molar-refractivity contribution in [3.05, 3.63) is 82.9 Å². The van der Waals surface area contributed by atoms with Crippen LogP contribution in [0.1, 0.15) is 80.0 Å². The number of ether oxygens (including phenoxy) is 2. The van der Waals surface area contributed by atoms with Crippen LogP contribution in [0.2, 0.25) is 0 Å². The fourth-order valence-electron chi connectivity index (χ4n) is 8.97. The second-order valence-electron chi connectivity index (χ2n) is 15.5. The van der Waals surface area contributed by atoms with Gasteiger partial charge in [0, 0.05) is 49.7 Å². The largest absolute Gasteiger partial charge is 0.508 e. The minimum absolute atomic E-state index is 0.00392. The molecule has 2 aliphatic heterocycles. The third-order valence-electron chi connectivity index (χ3n) is 12.0. The smallest absolute Gasteiger partial charge is 0.262 e. The number of rotatable bonds is 17. The highest BCUT2D eigenvalue weighted by Crippen LogP contribution is 2.47. The molecule has 0 radical (unpaired) electrons. The number of likely N-dealkylation sites (tertiary alicyclic amines) is 1. The highest BCUT2D eigenvalue weighted by molar-refractivity contribution is 5.97. The van der Waals surface area contributed by atoms with Crippen LogP contribution in [0.15, 0.2) is 60.7 Å². The molecule has 4 aliphatic rings. The average Bonchev–Trinajstić information content (AvgIpc) is 3.88. The fourth-order valence-corrected chi connectivity index (χ4v) is 8.97. The van der Waals surface area contributed by atoms with E-state index in [-0.39, 0.29) is 29.6 Å². The number of benzene rings is 3. The van der Waals surface area contributed by atoms with E-state index < -0.39 is 0 Å². The molecule has 284 valence electrons. The van der Waals surface area contributed by atoms with E-state index >= 15 is 0 Å². The van der Waals surface area contributed by atoms with Crippen molar-refractivity contribution >= 4 is 17.5 Å². The molecule has 53 heavy (non-hydrogen) atoms. The summed E-state index contributed by atoms with van der Waals surface area (Å²) in [6, 6.07) is 20.7. The first kappa shape index (κ1) is 37.2. The molecule has 3 aromatic rings. The van der Waals surface area contributed by atoms with Crippen LogP contribution in [0.3, 0.4) is 0 Å². The third kappa shape index (κ3) is 8.82. The molecule has 10 nitrogen and oxygen atoms in total. The summed E-state index contributed by atoms with van der Waals surface area (Å²) in [5, 5.41) is 27.5. The van der Waals surface area contributed by atoms with Crippen molar-refractivity contribution in [1.29, 1.82) is 0 Å². The number of fused-ring (bicyclic) bond motifs is 1. The Morgan fingerprint density at radius 3 is 2.47 bits per heavy atom. The van der Waals surface area contributed by atoms with Gasteiger partial charge >= 0.3 is 0 Å². The van der Waals surface area contributed by atoms with Gasteiger partial charge in [0.15, 0.2) is 12.4 Å². The Hall–Kier alpha value is -4.12. The molecule has 2 amide bonds. The summed E-state index contributed by atoms with van der Waals surface area (Å²) in [6.07, 6.45) is 11.7. The number of hydrogen-bond acceptors (Lipinski definition) is 8. The molecule has 0 atom stereocenters. The number of phenolic OH excluding ortho intramolecular Hbond substituents is 2. The van der Waals surface area contributed by atoms with Crippen LogP contribution < -0.4 is 15.4 Å². The van der Waals surface area contributed by atoms with Crippen molar-refractivity contribution in [3.63, 3.8) is 0 Å². The quantitative estimate of drug-likeness (QED) is 0.102. The summed E-state index contributed by atoms with van der Waals surface area (Å²) in [7, 11) is 0. The van der Waals surface area contributed by atoms with E-state index in [4.69, 9.17) is 9.47 Å². The van der Waals surface area contributed by atoms with Crippen molar-refractivity contribution in [3.8, 4) is 17.2 Å². The molecule has 0 aromatic heterocycles. The van der Waals surface area contributed by atoms with Gasteiger partial charge < -0.3 is 35.2 Å². The Morgan fingerprint density at radius 1 is 0.925 bits per heavy atom. The molecule has 0 unspecified atom stereocenters. The number of anilines is 1. The molecule has 0 spiro atoms. The predicted octanol–water partition coefficient (Wildman–Crippen LogP) is 5.77. The van der Waals surface area contributed by atoms with Crippen molar-refractivity contribution in [2.75, 3.05) is 64.4 Å². The molecule has 3 aromatic carbocycles. The van der Waals surface area contributed by atoms with Crippen molar-refractivity contribution < 1.29 is 29.3 Å². The van der Waals surface area contributed by atoms with E-state index in [0.717, 1.165) is 42.7 Å². The third-order valence-corrected chi connectivity index (χ3v) is 12.0. The van der Waals surface area contributed by atoms with E-state index in [2.05, 4.69) is 51.9 Å². The molecule has 2 heterocycles. The molecule has 7 rings (SSSR count). The number of nitrogens with zero attached hydrogens (tertiary/aromatic N) is 2. The summed E-state index contributed by atoms with van der Waals surface area (Å²) in [4.78, 5) is 29.8. The van der Waals surface area contributed by atoms with E-state index in [1.165, 1.54) is 56.9 Å². The number of carbonyl (C=O) groups excluding carboxylic acids is 2. The zero-order valence-corrected chi connectivity index (χ0v) is 31.0. The summed E-state index contributed by atoms with van der Waals surface area (Å²) in [6.45, 7) is 5.46. The number of nitrogens with one attached hydrogen (secondary N) is 2. The molecule has 0 bridgehead atoms. The van der Waals surface area contributed by atoms with Crippen LogP contribution in [0.25, 0.3) is 0 Å². The molecular weight excluding hydrogens is 668 g/mol. The number of aromatic hydroxyl groups is 2. The monoisotopic (exact) mass is 724 g/mol. The van der Waals surface area contributed by atoms with Gasteiger partial charge in [-0.15, -0.1) is 0 Å². The maximum absolute atomic E-state index is 13.5. The maximum Gasteiger partial charge on any atom is 0.262 e. The number of hydrogen-bond donors (Lipinski definition) is 4. The molecule has 2 saturated carbocycles. The normalized spacial score (nSPS) is 18.7. The first-order valence-electron chi connectivity index (χ1n) is 19.9. The lowest BCUT2D eigenvalue weighted by Gasteiger charge is -2.53. The molecule has 2 aliphatic carbocycles. The average molecular weight is 725 g/mol. The summed E-state index contributed by atoms with van der Waals surface area (Å²) in [5.41, 5.74) is 4.43. The van der Waals surface area contributed by atoms with Gasteiger partial charge in [-0.25, -0.2) is 0 Å². The van der Waals surface area contributed by atoms with E-state index in [1.807, 2.05) is 23.1 Å². The summed E-state index contributed by atoms with van der Waals surface area (Å²) in [5.74, 6) is 1.28. The Kier molecular flexibility index (Phi) is 12.2. The molecule has 4 N–H and O–H groups in total. The van der Waals surface area contributed by atoms with E-state index in [1.54, 1.807) is 6.07 Å². The molecule has 1 saturated heterocycles. The van der Waals surface area contributed by atoms with Gasteiger partial charge in [-0.05, 0) is 79.8 Å². The lowest BCUT2D eigenvalue weighted by Crippen LogP contribution is -2.62. The second kappa shape index (κ2) is 17.3. The SMILES string of the molecule is O=C1COc2c(CCNCCN(CC3CCCC3)C(=O)CCOCCc3ccc(O)c(C4(c5ccccc5)CN(C5CCCC5)C4)c3)ccc(O)c2N1. The maximum atomic E-state index is 13.5. The number of amides is 2. The molecule has 10 heteroatoms. The van der Waals surface area contributed by atoms with Crippen LogP contribution in [0, 0.1) is 5.92 Å². The standard InChI is InChI=1S/C43H56N4O6/c48-37-16-14-31(26-36(37)43(34-10-2-1-3-11-34)29-47(30-43)35-12-6-7-13-35)19-24-52-25-20-40(51)46(27-32-8-4-5-9-32)23-22-44-21-18-33-15-17-38(49)41-42(33)53-28-39(50)45-41/h1-3,10-11,14-17,26,32,35,44,48-49H,4-9,12-13,18-25,27-30H2,(H,45,50). The van der Waals surface area contributed by atoms with Crippen LogP contribution in [0.5, 0.6) is 17.2 Å². The summed E-state index contributed by atoms with van der Waals surface area (Å²) >= 11 is 0. The highest BCUT2D eigenvalue weighted by Gasteiger charge is 2.49. The Labute approximate surface area is 313 Å². The minimum atomic E-state index is -0.279. The van der Waals surface area contributed by atoms with Gasteiger partial charge in [-0.1, -0.05) is 74.2 Å². The first-order chi connectivity index (χ1) is 25.9. The summed E-state index contributed by atoms with van der Waals surface area (Å²) < 4.78 is 11.7.